The van der Waals surface area contributed by atoms with Crippen LogP contribution in [0.4, 0.5) is 0 Å². The molecule has 0 spiro atoms. The number of carbonyl (C=O) groups is 1. The van der Waals surface area contributed by atoms with Crippen LogP contribution < -0.4 is 10.2 Å². The first-order chi connectivity index (χ1) is 11.7. The fourth-order valence-corrected chi connectivity index (χ4v) is 2.77. The van der Waals surface area contributed by atoms with E-state index < -0.39 is 0 Å². The van der Waals surface area contributed by atoms with Crippen LogP contribution in [-0.2, 0) is 6.54 Å². The predicted molar refractivity (Wildman–Crippen MR) is 89.2 cm³/mol. The predicted octanol–water partition coefficient (Wildman–Crippen LogP) is 1.61. The lowest BCUT2D eigenvalue weighted by atomic mass is 10.2. The molecular weight excluding hydrogens is 308 g/mol. The van der Waals surface area contributed by atoms with Gasteiger partial charge < -0.3 is 14.1 Å². The summed E-state index contributed by atoms with van der Waals surface area (Å²) < 4.78 is 10.1. The molecule has 0 N–H and O–H groups in total. The second-order valence-electron chi connectivity index (χ2n) is 5.73. The number of hydrogen-bond donors (Lipinski definition) is 0. The molecule has 1 fully saturated rings. The van der Waals surface area contributed by atoms with Crippen LogP contribution in [0.15, 0.2) is 51.9 Å². The summed E-state index contributed by atoms with van der Waals surface area (Å²) in [6.07, 6.45) is 1.18. The Morgan fingerprint density at radius 2 is 1.88 bits per heavy atom. The first kappa shape index (κ1) is 16.3. The summed E-state index contributed by atoms with van der Waals surface area (Å²) in [5.41, 5.74) is 0.910. The van der Waals surface area contributed by atoms with Crippen molar-refractivity contribution in [1.29, 1.82) is 0 Å². The monoisotopic (exact) mass is 328 g/mol. The molecule has 1 aliphatic rings. The molecule has 0 atom stereocenters. The van der Waals surface area contributed by atoms with E-state index in [4.69, 9.17) is 9.15 Å². The van der Waals surface area contributed by atoms with Crippen molar-refractivity contribution in [2.75, 3.05) is 33.3 Å². The van der Waals surface area contributed by atoms with Crippen molar-refractivity contribution < 1.29 is 13.9 Å². The lowest BCUT2D eigenvalue weighted by Gasteiger charge is -2.34. The molecule has 2 heterocycles. The Hall–Kier alpha value is -2.60. The molecule has 24 heavy (non-hydrogen) atoms. The van der Waals surface area contributed by atoms with Gasteiger partial charge in [0, 0.05) is 38.8 Å². The van der Waals surface area contributed by atoms with Crippen molar-refractivity contribution >= 4 is 5.91 Å². The van der Waals surface area contributed by atoms with Gasteiger partial charge in [0.2, 0.25) is 11.2 Å². The number of amides is 1. The van der Waals surface area contributed by atoms with Crippen LogP contribution in [0, 0.1) is 0 Å². The normalized spacial score (nSPS) is 15.3. The molecule has 1 amide bonds. The van der Waals surface area contributed by atoms with Gasteiger partial charge in [-0.05, 0) is 5.56 Å². The maximum atomic E-state index is 12.5. The second kappa shape index (κ2) is 7.31. The minimum Gasteiger partial charge on any atom is -0.490 e. The molecule has 6 nitrogen and oxygen atoms in total. The summed E-state index contributed by atoms with van der Waals surface area (Å²) in [6, 6.07) is 11.5. The molecule has 0 saturated carbocycles. The van der Waals surface area contributed by atoms with Crippen molar-refractivity contribution in [2.45, 2.75) is 6.54 Å². The van der Waals surface area contributed by atoms with E-state index in [0.29, 0.717) is 13.1 Å². The number of rotatable bonds is 4. The smallest absolute Gasteiger partial charge is 0.289 e. The molecule has 1 aromatic heterocycles. The van der Waals surface area contributed by atoms with Gasteiger partial charge >= 0.3 is 0 Å². The Morgan fingerprint density at radius 3 is 2.50 bits per heavy atom. The second-order valence-corrected chi connectivity index (χ2v) is 5.73. The number of hydrogen-bond acceptors (Lipinski definition) is 5. The van der Waals surface area contributed by atoms with E-state index in [1.54, 1.807) is 4.90 Å². The molecule has 0 aliphatic carbocycles. The number of methoxy groups -OCH3 is 1. The molecule has 1 saturated heterocycles. The van der Waals surface area contributed by atoms with E-state index >= 15 is 0 Å². The van der Waals surface area contributed by atoms with Crippen molar-refractivity contribution in [3.63, 3.8) is 0 Å². The van der Waals surface area contributed by atoms with Crippen molar-refractivity contribution in [3.05, 3.63) is 64.2 Å². The third kappa shape index (κ3) is 3.65. The van der Waals surface area contributed by atoms with Gasteiger partial charge in [0.1, 0.15) is 6.26 Å². The van der Waals surface area contributed by atoms with Gasteiger partial charge in [-0.1, -0.05) is 30.3 Å². The van der Waals surface area contributed by atoms with Crippen LogP contribution in [0.25, 0.3) is 0 Å². The fourth-order valence-electron chi connectivity index (χ4n) is 2.77. The number of carbonyl (C=O) groups excluding carboxylic acids is 1. The zero-order chi connectivity index (χ0) is 16.9. The van der Waals surface area contributed by atoms with Gasteiger partial charge in [0.05, 0.1) is 7.11 Å². The van der Waals surface area contributed by atoms with Crippen LogP contribution in [0.5, 0.6) is 5.75 Å². The van der Waals surface area contributed by atoms with Crippen LogP contribution in [0.3, 0.4) is 0 Å². The summed E-state index contributed by atoms with van der Waals surface area (Å²) in [6.45, 7) is 3.69. The standard InChI is InChI=1S/C18H20N2O4/c1-23-17-13-24-16(11-15(17)21)18(22)20-9-7-19(8-10-20)12-14-5-3-2-4-6-14/h2-6,11,13H,7-10,12H2,1H3. The summed E-state index contributed by atoms with van der Waals surface area (Å²) in [7, 11) is 1.39. The number of piperazine rings is 1. The Bertz CT molecular complexity index is 749. The highest BCUT2D eigenvalue weighted by Crippen LogP contribution is 2.12. The van der Waals surface area contributed by atoms with E-state index in [9.17, 15) is 9.59 Å². The highest BCUT2D eigenvalue weighted by atomic mass is 16.5. The Balaban J connectivity index is 1.59. The molecule has 126 valence electrons. The Labute approximate surface area is 140 Å². The lowest BCUT2D eigenvalue weighted by Crippen LogP contribution is -2.48. The van der Waals surface area contributed by atoms with Gasteiger partial charge in [-0.15, -0.1) is 0 Å². The minimum atomic E-state index is -0.352. The van der Waals surface area contributed by atoms with E-state index in [0.717, 1.165) is 19.6 Å². The van der Waals surface area contributed by atoms with Gasteiger partial charge in [-0.3, -0.25) is 14.5 Å². The van der Waals surface area contributed by atoms with E-state index in [-0.39, 0.29) is 22.8 Å². The summed E-state index contributed by atoms with van der Waals surface area (Å²) >= 11 is 0. The molecule has 2 aromatic rings. The summed E-state index contributed by atoms with van der Waals surface area (Å²) in [4.78, 5) is 28.2. The molecule has 0 bridgehead atoms. The van der Waals surface area contributed by atoms with Crippen molar-refractivity contribution in [2.24, 2.45) is 0 Å². The zero-order valence-corrected chi connectivity index (χ0v) is 13.6. The highest BCUT2D eigenvalue weighted by Gasteiger charge is 2.24. The zero-order valence-electron chi connectivity index (χ0n) is 13.6. The number of benzene rings is 1. The van der Waals surface area contributed by atoms with Crippen LogP contribution in [0.1, 0.15) is 16.1 Å². The largest absolute Gasteiger partial charge is 0.490 e. The van der Waals surface area contributed by atoms with E-state index in [1.807, 2.05) is 18.2 Å². The molecule has 1 aromatic carbocycles. The van der Waals surface area contributed by atoms with Gasteiger partial charge in [0.25, 0.3) is 5.91 Å². The summed E-state index contributed by atoms with van der Waals surface area (Å²) in [5.74, 6) is -0.106. The Morgan fingerprint density at radius 1 is 1.17 bits per heavy atom. The first-order valence-electron chi connectivity index (χ1n) is 7.90. The average Bonchev–Trinajstić information content (AvgIpc) is 2.62. The highest BCUT2D eigenvalue weighted by molar-refractivity contribution is 5.91. The fraction of sp³-hybridized carbons (Fsp3) is 0.333. The molecule has 6 heteroatoms. The molecule has 3 rings (SSSR count). The first-order valence-corrected chi connectivity index (χ1v) is 7.90. The average molecular weight is 328 g/mol. The molecule has 1 aliphatic heterocycles. The molecule has 0 radical (unpaired) electrons. The van der Waals surface area contributed by atoms with Gasteiger partial charge in [-0.2, -0.15) is 0 Å². The van der Waals surface area contributed by atoms with E-state index in [2.05, 4.69) is 17.0 Å². The quantitative estimate of drug-likeness (QED) is 0.853. The SMILES string of the molecule is COc1coc(C(=O)N2CCN(Cc3ccccc3)CC2)cc1=O. The van der Waals surface area contributed by atoms with Crippen molar-refractivity contribution in [3.8, 4) is 5.75 Å². The molecule has 0 unspecified atom stereocenters. The maximum Gasteiger partial charge on any atom is 0.289 e. The number of nitrogens with zero attached hydrogens (tertiary/aromatic N) is 2. The molecular formula is C18H20N2O4. The lowest BCUT2D eigenvalue weighted by molar-refractivity contribution is 0.0594. The topological polar surface area (TPSA) is 63.0 Å². The maximum absolute atomic E-state index is 12.5. The third-order valence-electron chi connectivity index (χ3n) is 4.14. The van der Waals surface area contributed by atoms with Crippen LogP contribution in [-0.4, -0.2) is 49.0 Å². The van der Waals surface area contributed by atoms with Gasteiger partial charge in [0.15, 0.2) is 5.76 Å². The van der Waals surface area contributed by atoms with Crippen molar-refractivity contribution in [1.82, 2.24) is 9.80 Å². The number of ether oxygens (including phenoxy) is 1. The van der Waals surface area contributed by atoms with Gasteiger partial charge in [-0.25, -0.2) is 0 Å². The Kier molecular flexibility index (Phi) is 4.96. The van der Waals surface area contributed by atoms with E-state index in [1.165, 1.54) is 25.0 Å². The van der Waals surface area contributed by atoms with Crippen LogP contribution in [0.2, 0.25) is 0 Å². The summed E-state index contributed by atoms with van der Waals surface area (Å²) in [5, 5.41) is 0. The third-order valence-corrected chi connectivity index (χ3v) is 4.14. The van der Waals surface area contributed by atoms with Crippen LogP contribution >= 0.6 is 0 Å². The minimum absolute atomic E-state index is 0.0531.